The van der Waals surface area contributed by atoms with Crippen molar-refractivity contribution in [1.29, 1.82) is 0 Å². The predicted molar refractivity (Wildman–Crippen MR) is 113 cm³/mol. The van der Waals surface area contributed by atoms with E-state index in [0.29, 0.717) is 6.07 Å². The summed E-state index contributed by atoms with van der Waals surface area (Å²) in [6.07, 6.45) is -6.13. The van der Waals surface area contributed by atoms with Crippen molar-refractivity contribution in [3.63, 3.8) is 0 Å². The Kier molecular flexibility index (Phi) is 7.55. The fraction of sp³-hybridized carbons (Fsp3) is 0.130. The summed E-state index contributed by atoms with van der Waals surface area (Å²) in [4.78, 5) is 24.5. The van der Waals surface area contributed by atoms with Crippen molar-refractivity contribution in [3.8, 4) is 11.5 Å². The normalized spacial score (nSPS) is 12.1. The van der Waals surface area contributed by atoms with E-state index in [4.69, 9.17) is 0 Å². The molecule has 0 aliphatic carbocycles. The Morgan fingerprint density at radius 2 is 1.54 bits per heavy atom. The third-order valence-electron chi connectivity index (χ3n) is 4.58. The lowest BCUT2D eigenvalue weighted by Gasteiger charge is -2.14. The van der Waals surface area contributed by atoms with E-state index in [1.807, 2.05) is 0 Å². The molecule has 0 aliphatic rings. The van der Waals surface area contributed by atoms with Gasteiger partial charge >= 0.3 is 6.36 Å². The highest BCUT2D eigenvalue weighted by atomic mass is 19.4. The number of phenols is 1. The van der Waals surface area contributed by atoms with Crippen LogP contribution in [0.2, 0.25) is 0 Å². The van der Waals surface area contributed by atoms with Crippen LogP contribution in [0.3, 0.4) is 0 Å². The molecule has 35 heavy (non-hydrogen) atoms. The molecular weight excluding hydrogens is 479 g/mol. The van der Waals surface area contributed by atoms with Gasteiger partial charge in [-0.05, 0) is 42.0 Å². The second-order valence-corrected chi connectivity index (χ2v) is 7.19. The second kappa shape index (κ2) is 10.4. The second-order valence-electron chi connectivity index (χ2n) is 7.19. The molecule has 0 bridgehead atoms. The third kappa shape index (κ3) is 7.14. The Hall–Kier alpha value is -4.19. The number of carbonyl (C=O) groups is 2. The molecule has 184 valence electrons. The lowest BCUT2D eigenvalue weighted by Crippen LogP contribution is -2.28. The molecule has 1 atom stereocenters. The first-order valence-electron chi connectivity index (χ1n) is 9.84. The summed E-state index contributed by atoms with van der Waals surface area (Å²) in [5.41, 5.74) is -0.262. The number of halogens is 5. The van der Waals surface area contributed by atoms with Crippen molar-refractivity contribution in [1.82, 2.24) is 5.32 Å². The van der Waals surface area contributed by atoms with Crippen LogP contribution in [0.15, 0.2) is 60.7 Å². The maximum atomic E-state index is 13.3. The number of rotatable bonds is 7. The summed E-state index contributed by atoms with van der Waals surface area (Å²) in [6, 6.07) is 10.1. The van der Waals surface area contributed by atoms with E-state index in [9.17, 15) is 41.8 Å². The van der Waals surface area contributed by atoms with Gasteiger partial charge in [0.2, 0.25) is 0 Å². The molecule has 0 aliphatic heterocycles. The molecule has 3 rings (SSSR count). The van der Waals surface area contributed by atoms with Gasteiger partial charge in [0.15, 0.2) is 0 Å². The number of benzene rings is 3. The van der Waals surface area contributed by atoms with Gasteiger partial charge < -0.3 is 25.6 Å². The number of aliphatic hydroxyl groups is 1. The minimum atomic E-state index is -4.86. The van der Waals surface area contributed by atoms with Crippen LogP contribution in [0, 0.1) is 11.6 Å². The zero-order valence-corrected chi connectivity index (χ0v) is 17.6. The molecule has 7 nitrogen and oxygen atoms in total. The van der Waals surface area contributed by atoms with Gasteiger partial charge in [0.05, 0.1) is 11.7 Å². The molecular formula is C23H17F5N2O5. The molecule has 0 fully saturated rings. The summed E-state index contributed by atoms with van der Waals surface area (Å²) in [7, 11) is 0. The molecule has 0 spiro atoms. The predicted octanol–water partition coefficient (Wildman–Crippen LogP) is 4.28. The molecule has 1 unspecified atom stereocenters. The average Bonchev–Trinajstić information content (AvgIpc) is 2.76. The number of hydrogen-bond acceptors (Lipinski definition) is 5. The van der Waals surface area contributed by atoms with Crippen molar-refractivity contribution < 1.29 is 46.5 Å². The SMILES string of the molecule is O=C(Nc1ccc(C(=O)NCC(O)c2ccc(OC(F)(F)F)cc2)c(O)c1)c1cc(F)cc(F)c1. The first kappa shape index (κ1) is 25.4. The van der Waals surface area contributed by atoms with Crippen LogP contribution in [0.4, 0.5) is 27.6 Å². The van der Waals surface area contributed by atoms with Gasteiger partial charge in [-0.2, -0.15) is 0 Å². The fourth-order valence-corrected chi connectivity index (χ4v) is 2.98. The standard InChI is InChI=1S/C23H17F5N2O5/c24-14-7-13(8-15(25)9-14)21(33)30-16-3-6-18(19(31)10-16)22(34)29-11-20(32)12-1-4-17(5-2-12)35-23(26,27)28/h1-10,20,31-32H,11H2,(H,29,34)(H,30,33). The van der Waals surface area contributed by atoms with Crippen LogP contribution in [0.25, 0.3) is 0 Å². The van der Waals surface area contributed by atoms with Gasteiger partial charge in [0.1, 0.15) is 23.1 Å². The highest BCUT2D eigenvalue weighted by Crippen LogP contribution is 2.25. The fourth-order valence-electron chi connectivity index (χ4n) is 2.98. The smallest absolute Gasteiger partial charge is 0.507 e. The van der Waals surface area contributed by atoms with Gasteiger partial charge in [0, 0.05) is 29.9 Å². The van der Waals surface area contributed by atoms with Gasteiger partial charge in [-0.1, -0.05) is 12.1 Å². The number of amides is 2. The van der Waals surface area contributed by atoms with Crippen LogP contribution in [-0.4, -0.2) is 34.9 Å². The Morgan fingerprint density at radius 3 is 2.11 bits per heavy atom. The quantitative estimate of drug-likeness (QED) is 0.365. The number of aliphatic hydroxyl groups excluding tert-OH is 1. The summed E-state index contributed by atoms with van der Waals surface area (Å²) in [5, 5.41) is 25.0. The first-order valence-corrected chi connectivity index (χ1v) is 9.84. The highest BCUT2D eigenvalue weighted by molar-refractivity contribution is 6.05. The van der Waals surface area contributed by atoms with Crippen molar-refractivity contribution >= 4 is 17.5 Å². The summed E-state index contributed by atoms with van der Waals surface area (Å²) in [5.74, 6) is -4.54. The maximum Gasteiger partial charge on any atom is 0.573 e. The van der Waals surface area contributed by atoms with Crippen molar-refractivity contribution in [2.24, 2.45) is 0 Å². The molecule has 0 radical (unpaired) electrons. The molecule has 0 saturated heterocycles. The maximum absolute atomic E-state index is 13.3. The number of phenolic OH excluding ortho intramolecular Hbond substituents is 1. The Morgan fingerprint density at radius 1 is 0.914 bits per heavy atom. The van der Waals surface area contributed by atoms with Crippen LogP contribution in [0.1, 0.15) is 32.4 Å². The Bertz CT molecular complexity index is 1210. The number of aromatic hydroxyl groups is 1. The number of anilines is 1. The summed E-state index contributed by atoms with van der Waals surface area (Å²) < 4.78 is 66.9. The van der Waals surface area contributed by atoms with Gasteiger partial charge in [-0.25, -0.2) is 8.78 Å². The van der Waals surface area contributed by atoms with E-state index >= 15 is 0 Å². The number of ether oxygens (including phenoxy) is 1. The number of hydrogen-bond donors (Lipinski definition) is 4. The molecule has 3 aromatic rings. The number of nitrogens with one attached hydrogen (secondary N) is 2. The molecule has 12 heteroatoms. The van der Waals surface area contributed by atoms with Crippen LogP contribution < -0.4 is 15.4 Å². The minimum Gasteiger partial charge on any atom is -0.507 e. The highest BCUT2D eigenvalue weighted by Gasteiger charge is 2.31. The van der Waals surface area contributed by atoms with Gasteiger partial charge in [-0.15, -0.1) is 13.2 Å². The lowest BCUT2D eigenvalue weighted by atomic mass is 10.1. The summed E-state index contributed by atoms with van der Waals surface area (Å²) >= 11 is 0. The average molecular weight is 496 g/mol. The third-order valence-corrected chi connectivity index (χ3v) is 4.58. The van der Waals surface area contributed by atoms with Crippen LogP contribution in [0.5, 0.6) is 11.5 Å². The first-order chi connectivity index (χ1) is 16.4. The van der Waals surface area contributed by atoms with E-state index in [1.54, 1.807) is 0 Å². The minimum absolute atomic E-state index is 0.0370. The Balaban J connectivity index is 1.59. The molecule has 4 N–H and O–H groups in total. The topological polar surface area (TPSA) is 108 Å². The van der Waals surface area contributed by atoms with Crippen LogP contribution in [-0.2, 0) is 0 Å². The molecule has 0 aromatic heterocycles. The van der Waals surface area contributed by atoms with Crippen molar-refractivity contribution in [2.45, 2.75) is 12.5 Å². The van der Waals surface area contributed by atoms with E-state index in [-0.39, 0.29) is 28.9 Å². The number of carbonyl (C=O) groups excluding carboxylic acids is 2. The molecule has 0 heterocycles. The largest absolute Gasteiger partial charge is 0.573 e. The van der Waals surface area contributed by atoms with E-state index in [0.717, 1.165) is 30.3 Å². The lowest BCUT2D eigenvalue weighted by molar-refractivity contribution is -0.274. The van der Waals surface area contributed by atoms with Gasteiger partial charge in [-0.3, -0.25) is 9.59 Å². The Labute approximate surface area is 194 Å². The van der Waals surface area contributed by atoms with Crippen molar-refractivity contribution in [3.05, 3.63) is 89.0 Å². The van der Waals surface area contributed by atoms with Crippen LogP contribution >= 0.6 is 0 Å². The molecule has 2 amide bonds. The zero-order valence-electron chi connectivity index (χ0n) is 17.6. The molecule has 0 saturated carbocycles. The summed E-state index contributed by atoms with van der Waals surface area (Å²) in [6.45, 7) is -0.332. The van der Waals surface area contributed by atoms with E-state index in [2.05, 4.69) is 15.4 Å². The van der Waals surface area contributed by atoms with E-state index in [1.165, 1.54) is 24.3 Å². The monoisotopic (exact) mass is 496 g/mol. The zero-order chi connectivity index (χ0) is 25.8. The van der Waals surface area contributed by atoms with Crippen molar-refractivity contribution in [2.75, 3.05) is 11.9 Å². The van der Waals surface area contributed by atoms with E-state index < -0.39 is 47.4 Å². The van der Waals surface area contributed by atoms with Gasteiger partial charge in [0.25, 0.3) is 11.8 Å². The molecule has 3 aromatic carbocycles. The number of alkyl halides is 3.